The molecule has 3 atom stereocenters. The minimum absolute atomic E-state index is 0.00391. The number of ketones is 1. The fourth-order valence-corrected chi connectivity index (χ4v) is 3.54. The van der Waals surface area contributed by atoms with Crippen molar-refractivity contribution in [3.05, 3.63) is 0 Å². The fraction of sp³-hybridized carbons (Fsp3) is 0.846. The average molecular weight is 221 g/mol. The van der Waals surface area contributed by atoms with Gasteiger partial charge in [-0.15, -0.1) is 0 Å². The maximum atomic E-state index is 12.2. The largest absolute Gasteiger partial charge is 0.377 e. The van der Waals surface area contributed by atoms with Crippen molar-refractivity contribution in [3.8, 4) is 6.07 Å². The van der Waals surface area contributed by atoms with Crippen LogP contribution >= 0.6 is 0 Å². The Morgan fingerprint density at radius 3 is 2.75 bits per heavy atom. The third-order valence-electron chi connectivity index (χ3n) is 4.24. The Bertz CT molecular complexity index is 355. The second-order valence-electron chi connectivity index (χ2n) is 5.98. The van der Waals surface area contributed by atoms with Crippen LogP contribution in [0.15, 0.2) is 0 Å². The maximum absolute atomic E-state index is 12.2. The van der Waals surface area contributed by atoms with Gasteiger partial charge in [-0.05, 0) is 24.7 Å². The van der Waals surface area contributed by atoms with E-state index in [0.29, 0.717) is 6.42 Å². The highest BCUT2D eigenvalue weighted by Gasteiger charge is 2.56. The smallest absolute Gasteiger partial charge is 0.158 e. The lowest BCUT2D eigenvalue weighted by molar-refractivity contribution is -0.178. The van der Waals surface area contributed by atoms with Gasteiger partial charge in [-0.2, -0.15) is 5.26 Å². The van der Waals surface area contributed by atoms with Gasteiger partial charge < -0.3 is 4.74 Å². The zero-order chi connectivity index (χ0) is 12.0. The molecule has 0 spiro atoms. The zero-order valence-electron chi connectivity index (χ0n) is 10.2. The maximum Gasteiger partial charge on any atom is 0.158 e. The summed E-state index contributed by atoms with van der Waals surface area (Å²) in [6.45, 7) is 6.75. The highest BCUT2D eigenvalue weighted by atomic mass is 16.5. The van der Waals surface area contributed by atoms with Crippen molar-refractivity contribution < 1.29 is 9.53 Å². The molecule has 2 rings (SSSR count). The summed E-state index contributed by atoms with van der Waals surface area (Å²) >= 11 is 0. The zero-order valence-corrected chi connectivity index (χ0v) is 10.2. The summed E-state index contributed by atoms with van der Waals surface area (Å²) in [6, 6.07) is 2.16. The lowest BCUT2D eigenvalue weighted by Gasteiger charge is -2.52. The van der Waals surface area contributed by atoms with Crippen molar-refractivity contribution in [3.63, 3.8) is 0 Å². The number of rotatable bonds is 0. The third-order valence-corrected chi connectivity index (χ3v) is 4.24. The van der Waals surface area contributed by atoms with E-state index >= 15 is 0 Å². The Morgan fingerprint density at radius 2 is 2.12 bits per heavy atom. The minimum atomic E-state index is -0.520. The first kappa shape index (κ1) is 11.6. The molecule has 0 aromatic heterocycles. The van der Waals surface area contributed by atoms with Gasteiger partial charge in [0.2, 0.25) is 0 Å². The van der Waals surface area contributed by atoms with Gasteiger partial charge in [-0.25, -0.2) is 0 Å². The van der Waals surface area contributed by atoms with Crippen LogP contribution in [-0.4, -0.2) is 18.5 Å². The summed E-state index contributed by atoms with van der Waals surface area (Å²) in [5.74, 6) is -0.391. The summed E-state index contributed by atoms with van der Waals surface area (Å²) < 4.78 is 5.83. The standard InChI is InChI=1S/C13H19NO2/c1-12(2)10(15)9(8-14)7-13(3)5-4-6-16-11(12)13/h9,11H,4-7H2,1-3H3. The average Bonchev–Trinajstić information content (AvgIpc) is 2.24. The predicted molar refractivity (Wildman–Crippen MR) is 59.6 cm³/mol. The third kappa shape index (κ3) is 1.48. The molecule has 0 aromatic rings. The molecule has 1 saturated heterocycles. The highest BCUT2D eigenvalue weighted by molar-refractivity contribution is 5.90. The van der Waals surface area contributed by atoms with E-state index in [-0.39, 0.29) is 17.3 Å². The lowest BCUT2D eigenvalue weighted by Crippen LogP contribution is -2.58. The van der Waals surface area contributed by atoms with Crippen molar-refractivity contribution in [1.82, 2.24) is 0 Å². The SMILES string of the molecule is CC12CCCOC1C(C)(C)C(=O)C(C#N)C2. The van der Waals surface area contributed by atoms with E-state index in [1.807, 2.05) is 13.8 Å². The van der Waals surface area contributed by atoms with E-state index in [9.17, 15) is 4.79 Å². The van der Waals surface area contributed by atoms with E-state index < -0.39 is 11.3 Å². The first-order chi connectivity index (χ1) is 7.42. The number of carbonyl (C=O) groups is 1. The number of hydrogen-bond acceptors (Lipinski definition) is 3. The van der Waals surface area contributed by atoms with Crippen LogP contribution in [0.3, 0.4) is 0 Å². The molecule has 0 radical (unpaired) electrons. The fourth-order valence-electron chi connectivity index (χ4n) is 3.54. The molecule has 3 nitrogen and oxygen atoms in total. The number of carbonyl (C=O) groups excluding carboxylic acids is 1. The van der Waals surface area contributed by atoms with Crippen LogP contribution in [0.25, 0.3) is 0 Å². The van der Waals surface area contributed by atoms with Gasteiger partial charge in [0.25, 0.3) is 0 Å². The lowest BCUT2D eigenvalue weighted by atomic mass is 9.56. The van der Waals surface area contributed by atoms with E-state index in [1.165, 1.54) is 0 Å². The van der Waals surface area contributed by atoms with Crippen molar-refractivity contribution in [1.29, 1.82) is 5.26 Å². The first-order valence-electron chi connectivity index (χ1n) is 5.97. The Hall–Kier alpha value is -0.880. The van der Waals surface area contributed by atoms with Crippen molar-refractivity contribution in [2.45, 2.75) is 46.1 Å². The van der Waals surface area contributed by atoms with Gasteiger partial charge in [0.1, 0.15) is 5.92 Å². The van der Waals surface area contributed by atoms with Crippen LogP contribution in [0.1, 0.15) is 40.0 Å². The Labute approximate surface area is 96.8 Å². The number of hydrogen-bond donors (Lipinski definition) is 0. The Balaban J connectivity index is 2.38. The van der Waals surface area contributed by atoms with Crippen LogP contribution in [0.5, 0.6) is 0 Å². The van der Waals surface area contributed by atoms with Crippen LogP contribution in [0, 0.1) is 28.1 Å². The molecule has 2 fully saturated rings. The molecule has 0 aromatic carbocycles. The van der Waals surface area contributed by atoms with Crippen molar-refractivity contribution >= 4 is 5.78 Å². The molecule has 88 valence electrons. The number of nitrogens with zero attached hydrogens (tertiary/aromatic N) is 1. The molecule has 0 amide bonds. The van der Waals surface area contributed by atoms with E-state index in [2.05, 4.69) is 13.0 Å². The van der Waals surface area contributed by atoms with E-state index in [0.717, 1.165) is 19.4 Å². The molecule has 3 unspecified atom stereocenters. The summed E-state index contributed by atoms with van der Waals surface area (Å²) in [4.78, 5) is 12.2. The minimum Gasteiger partial charge on any atom is -0.377 e. The molecule has 3 heteroatoms. The highest BCUT2D eigenvalue weighted by Crippen LogP contribution is 2.52. The van der Waals surface area contributed by atoms with Gasteiger partial charge in [0.15, 0.2) is 5.78 Å². The summed E-state index contributed by atoms with van der Waals surface area (Å²) in [6.07, 6.45) is 2.74. The number of ether oxygens (including phenoxy) is 1. The van der Waals surface area contributed by atoms with Gasteiger partial charge in [0.05, 0.1) is 17.6 Å². The summed E-state index contributed by atoms with van der Waals surface area (Å²) in [5.41, 5.74) is -0.524. The summed E-state index contributed by atoms with van der Waals surface area (Å²) in [7, 11) is 0. The quantitative estimate of drug-likeness (QED) is 0.630. The van der Waals surface area contributed by atoms with Crippen LogP contribution in [0.2, 0.25) is 0 Å². The van der Waals surface area contributed by atoms with Gasteiger partial charge in [-0.1, -0.05) is 20.8 Å². The van der Waals surface area contributed by atoms with Crippen LogP contribution in [0.4, 0.5) is 0 Å². The molecular formula is C13H19NO2. The van der Waals surface area contributed by atoms with Gasteiger partial charge >= 0.3 is 0 Å². The van der Waals surface area contributed by atoms with Crippen LogP contribution < -0.4 is 0 Å². The second kappa shape index (κ2) is 3.56. The molecule has 1 saturated carbocycles. The molecule has 16 heavy (non-hydrogen) atoms. The Morgan fingerprint density at radius 1 is 1.44 bits per heavy atom. The molecule has 1 heterocycles. The van der Waals surface area contributed by atoms with E-state index in [4.69, 9.17) is 10.00 Å². The molecule has 0 bridgehead atoms. The predicted octanol–water partition coefficient (Wildman–Crippen LogP) is 2.31. The first-order valence-corrected chi connectivity index (χ1v) is 5.97. The summed E-state index contributed by atoms with van der Waals surface area (Å²) in [5, 5.41) is 9.09. The molecule has 1 aliphatic carbocycles. The van der Waals surface area contributed by atoms with Crippen molar-refractivity contribution in [2.24, 2.45) is 16.7 Å². The topological polar surface area (TPSA) is 50.1 Å². The van der Waals surface area contributed by atoms with Gasteiger partial charge in [-0.3, -0.25) is 4.79 Å². The van der Waals surface area contributed by atoms with Crippen LogP contribution in [-0.2, 0) is 9.53 Å². The second-order valence-corrected chi connectivity index (χ2v) is 5.98. The number of fused-ring (bicyclic) bond motifs is 1. The van der Waals surface area contributed by atoms with E-state index in [1.54, 1.807) is 0 Å². The molecule has 2 aliphatic rings. The number of Topliss-reactive ketones (excluding diaryl/α,β-unsaturated/α-hetero) is 1. The Kier molecular flexibility index (Phi) is 2.58. The monoisotopic (exact) mass is 221 g/mol. The van der Waals surface area contributed by atoms with Gasteiger partial charge in [0, 0.05) is 6.61 Å². The normalized spacial score (nSPS) is 42.2. The molecule has 0 N–H and O–H groups in total. The van der Waals surface area contributed by atoms with Crippen molar-refractivity contribution in [2.75, 3.05) is 6.61 Å². The number of nitriles is 1. The molecule has 1 aliphatic heterocycles. The molecular weight excluding hydrogens is 202 g/mol.